The monoisotopic (exact) mass is 487 g/mol. The summed E-state index contributed by atoms with van der Waals surface area (Å²) in [5.41, 5.74) is 1.67. The first-order valence-corrected chi connectivity index (χ1v) is 11.9. The third-order valence-electron chi connectivity index (χ3n) is 5.88. The van der Waals surface area contributed by atoms with Crippen molar-refractivity contribution in [2.24, 2.45) is 0 Å². The third kappa shape index (κ3) is 4.95. The maximum atomic E-state index is 12.6. The number of carbonyl (C=O) groups is 1. The molecule has 0 aliphatic carbocycles. The fourth-order valence-electron chi connectivity index (χ4n) is 3.98. The summed E-state index contributed by atoms with van der Waals surface area (Å²) in [5, 5.41) is 12.1. The van der Waals surface area contributed by atoms with Crippen LogP contribution >= 0.6 is 23.4 Å². The minimum absolute atomic E-state index is 0.0992. The van der Waals surface area contributed by atoms with Crippen LogP contribution in [-0.4, -0.2) is 48.4 Å². The maximum absolute atomic E-state index is 12.6. The average Bonchev–Trinajstić information content (AvgIpc) is 3.52. The minimum atomic E-state index is -0.216. The van der Waals surface area contributed by atoms with E-state index in [4.69, 9.17) is 30.2 Å². The first-order valence-electron chi connectivity index (χ1n) is 10.6. The maximum Gasteiger partial charge on any atom is 0.277 e. The van der Waals surface area contributed by atoms with E-state index in [1.807, 2.05) is 12.1 Å². The second kappa shape index (κ2) is 9.62. The summed E-state index contributed by atoms with van der Waals surface area (Å²) >= 11 is 7.12. The van der Waals surface area contributed by atoms with Crippen LogP contribution in [-0.2, 0) is 14.9 Å². The Morgan fingerprint density at radius 2 is 1.85 bits per heavy atom. The van der Waals surface area contributed by atoms with Crippen molar-refractivity contribution in [3.05, 3.63) is 53.1 Å². The molecule has 1 fully saturated rings. The number of nitrogens with zero attached hydrogens (tertiary/aromatic N) is 2. The number of ether oxygens (including phenoxy) is 3. The van der Waals surface area contributed by atoms with Crippen molar-refractivity contribution in [2.45, 2.75) is 23.5 Å². The Morgan fingerprint density at radius 1 is 1.06 bits per heavy atom. The van der Waals surface area contributed by atoms with Crippen LogP contribution in [0.2, 0.25) is 5.02 Å². The molecule has 2 aliphatic rings. The molecule has 0 atom stereocenters. The SMILES string of the molecule is O=C(CSc1nnc(-c2ccc(Cl)cc2)o1)NCC1(c2ccc3c(c2)OCO3)CCOCC1. The lowest BCUT2D eigenvalue weighted by molar-refractivity contribution is -0.119. The Kier molecular flexibility index (Phi) is 6.43. The smallest absolute Gasteiger partial charge is 0.277 e. The van der Waals surface area contributed by atoms with Crippen molar-refractivity contribution in [2.75, 3.05) is 32.3 Å². The van der Waals surface area contributed by atoms with Crippen molar-refractivity contribution in [1.82, 2.24) is 15.5 Å². The van der Waals surface area contributed by atoms with Crippen molar-refractivity contribution in [3.8, 4) is 23.0 Å². The lowest BCUT2D eigenvalue weighted by Crippen LogP contribution is -2.45. The molecule has 3 aromatic rings. The van der Waals surface area contributed by atoms with Gasteiger partial charge in [-0.1, -0.05) is 29.4 Å². The Balaban J connectivity index is 1.20. The number of benzene rings is 2. The van der Waals surface area contributed by atoms with E-state index in [9.17, 15) is 4.79 Å². The van der Waals surface area contributed by atoms with Crippen molar-refractivity contribution in [3.63, 3.8) is 0 Å². The molecule has 3 heterocycles. The Bertz CT molecular complexity index is 1130. The molecule has 1 aromatic heterocycles. The van der Waals surface area contributed by atoms with Gasteiger partial charge in [-0.15, -0.1) is 10.2 Å². The summed E-state index contributed by atoms with van der Waals surface area (Å²) in [6.45, 7) is 2.04. The lowest BCUT2D eigenvalue weighted by atomic mass is 9.74. The van der Waals surface area contributed by atoms with Crippen LogP contribution in [0, 0.1) is 0 Å². The molecule has 0 unspecified atom stereocenters. The molecule has 0 saturated carbocycles. The highest BCUT2D eigenvalue weighted by atomic mass is 35.5. The minimum Gasteiger partial charge on any atom is -0.454 e. The van der Waals surface area contributed by atoms with E-state index in [1.54, 1.807) is 24.3 Å². The predicted octanol–water partition coefficient (Wildman–Crippen LogP) is 4.08. The van der Waals surface area contributed by atoms with E-state index < -0.39 is 0 Å². The molecule has 2 aliphatic heterocycles. The Labute approximate surface area is 199 Å². The zero-order valence-electron chi connectivity index (χ0n) is 17.7. The zero-order chi connectivity index (χ0) is 22.7. The number of halogens is 1. The van der Waals surface area contributed by atoms with Gasteiger partial charge in [-0.2, -0.15) is 0 Å². The number of carbonyl (C=O) groups excluding carboxylic acids is 1. The first kappa shape index (κ1) is 22.1. The molecular weight excluding hydrogens is 466 g/mol. The van der Waals surface area contributed by atoms with Gasteiger partial charge in [0.1, 0.15) is 0 Å². The van der Waals surface area contributed by atoms with Gasteiger partial charge in [-0.05, 0) is 54.8 Å². The highest BCUT2D eigenvalue weighted by Crippen LogP contribution is 2.40. The molecule has 10 heteroatoms. The van der Waals surface area contributed by atoms with Crippen molar-refractivity contribution >= 4 is 29.3 Å². The standard InChI is InChI=1S/C23H22ClN3O5S/c24-17-4-1-15(2-5-17)21-26-27-22(32-21)33-12-20(28)25-13-23(7-9-29-10-8-23)16-3-6-18-19(11-16)31-14-30-18/h1-6,11H,7-10,12-14H2,(H,25,28). The van der Waals surface area contributed by atoms with Gasteiger partial charge in [-0.25, -0.2) is 0 Å². The van der Waals surface area contributed by atoms with E-state index in [0.29, 0.717) is 35.9 Å². The van der Waals surface area contributed by atoms with Gasteiger partial charge >= 0.3 is 0 Å². The van der Waals surface area contributed by atoms with Crippen LogP contribution in [0.15, 0.2) is 52.1 Å². The number of rotatable bonds is 7. The Hall–Kier alpha value is -2.75. The molecular formula is C23H22ClN3O5S. The van der Waals surface area contributed by atoms with Gasteiger partial charge in [0.05, 0.1) is 5.75 Å². The second-order valence-corrected chi connectivity index (χ2v) is 9.27. The molecule has 33 heavy (non-hydrogen) atoms. The molecule has 2 aromatic carbocycles. The molecule has 0 bridgehead atoms. The predicted molar refractivity (Wildman–Crippen MR) is 123 cm³/mol. The number of hydrogen-bond donors (Lipinski definition) is 1. The normalized spacial score (nSPS) is 16.5. The van der Waals surface area contributed by atoms with E-state index in [0.717, 1.165) is 35.5 Å². The van der Waals surface area contributed by atoms with Crippen LogP contribution in [0.5, 0.6) is 11.5 Å². The highest BCUT2D eigenvalue weighted by Gasteiger charge is 2.36. The molecule has 0 radical (unpaired) electrons. The number of fused-ring (bicyclic) bond motifs is 1. The molecule has 172 valence electrons. The summed E-state index contributed by atoms with van der Waals surface area (Å²) in [7, 11) is 0. The molecule has 1 N–H and O–H groups in total. The summed E-state index contributed by atoms with van der Waals surface area (Å²) in [6.07, 6.45) is 1.63. The van der Waals surface area contributed by atoms with Gasteiger partial charge in [0.25, 0.3) is 5.22 Å². The van der Waals surface area contributed by atoms with E-state index in [2.05, 4.69) is 21.6 Å². The van der Waals surface area contributed by atoms with E-state index in [1.165, 1.54) is 11.8 Å². The summed E-state index contributed by atoms with van der Waals surface area (Å²) in [4.78, 5) is 12.6. The topological polar surface area (TPSA) is 95.7 Å². The number of thioether (sulfide) groups is 1. The van der Waals surface area contributed by atoms with Crippen LogP contribution < -0.4 is 14.8 Å². The number of amides is 1. The number of aromatic nitrogens is 2. The van der Waals surface area contributed by atoms with E-state index in [-0.39, 0.29) is 23.9 Å². The Morgan fingerprint density at radius 3 is 2.67 bits per heavy atom. The van der Waals surface area contributed by atoms with Crippen LogP contribution in [0.1, 0.15) is 18.4 Å². The zero-order valence-corrected chi connectivity index (χ0v) is 19.3. The fourth-order valence-corrected chi connectivity index (χ4v) is 4.70. The van der Waals surface area contributed by atoms with Crippen molar-refractivity contribution in [1.29, 1.82) is 0 Å². The van der Waals surface area contributed by atoms with Gasteiger partial charge < -0.3 is 23.9 Å². The summed E-state index contributed by atoms with van der Waals surface area (Å²) < 4.78 is 22.2. The number of hydrogen-bond acceptors (Lipinski definition) is 8. The van der Waals surface area contributed by atoms with Gasteiger partial charge in [0.2, 0.25) is 18.6 Å². The van der Waals surface area contributed by atoms with Crippen LogP contribution in [0.4, 0.5) is 0 Å². The second-order valence-electron chi connectivity index (χ2n) is 7.91. The molecule has 5 rings (SSSR count). The van der Waals surface area contributed by atoms with Gasteiger partial charge in [-0.3, -0.25) is 4.79 Å². The lowest BCUT2D eigenvalue weighted by Gasteiger charge is -2.38. The summed E-state index contributed by atoms with van der Waals surface area (Å²) in [5.74, 6) is 1.96. The van der Waals surface area contributed by atoms with Crippen molar-refractivity contribution < 1.29 is 23.4 Å². The quantitative estimate of drug-likeness (QED) is 0.498. The molecule has 0 spiro atoms. The fraction of sp³-hybridized carbons (Fsp3) is 0.348. The highest BCUT2D eigenvalue weighted by molar-refractivity contribution is 7.99. The summed E-state index contributed by atoms with van der Waals surface area (Å²) in [6, 6.07) is 13.1. The van der Waals surface area contributed by atoms with Gasteiger partial charge in [0, 0.05) is 35.8 Å². The van der Waals surface area contributed by atoms with Gasteiger partial charge in [0.15, 0.2) is 11.5 Å². The number of nitrogens with one attached hydrogen (secondary N) is 1. The average molecular weight is 488 g/mol. The van der Waals surface area contributed by atoms with Crippen LogP contribution in [0.3, 0.4) is 0 Å². The molecule has 1 amide bonds. The largest absolute Gasteiger partial charge is 0.454 e. The third-order valence-corrected chi connectivity index (χ3v) is 6.95. The molecule has 1 saturated heterocycles. The van der Waals surface area contributed by atoms with E-state index >= 15 is 0 Å². The molecule has 8 nitrogen and oxygen atoms in total. The van der Waals surface area contributed by atoms with Crippen LogP contribution in [0.25, 0.3) is 11.5 Å². The first-order chi connectivity index (χ1) is 16.1.